The van der Waals surface area contributed by atoms with Crippen LogP contribution < -0.4 is 15.2 Å². The summed E-state index contributed by atoms with van der Waals surface area (Å²) in [5.74, 6) is 0.408. The van der Waals surface area contributed by atoms with Gasteiger partial charge in [0.05, 0.1) is 48.3 Å². The molecule has 0 amide bonds. The van der Waals surface area contributed by atoms with Crippen molar-refractivity contribution in [2.45, 2.75) is 144 Å². The van der Waals surface area contributed by atoms with Crippen molar-refractivity contribution in [3.05, 3.63) is 92.8 Å². The van der Waals surface area contributed by atoms with Gasteiger partial charge in [0.25, 0.3) is 0 Å². The van der Waals surface area contributed by atoms with Crippen molar-refractivity contribution in [1.82, 2.24) is 20.1 Å². The summed E-state index contributed by atoms with van der Waals surface area (Å²) in [5.41, 5.74) is 7.86. The molecule has 8 rings (SSSR count). The number of rotatable bonds is 20. The number of nitrogens with two attached hydrogens (primary N) is 1. The van der Waals surface area contributed by atoms with Crippen LogP contribution in [0.2, 0.25) is 0 Å². The largest absolute Gasteiger partial charge is 0.496 e. The molecule has 2 aliphatic carbocycles. The van der Waals surface area contributed by atoms with Crippen molar-refractivity contribution < 1.29 is 38.2 Å². The third-order valence-electron chi connectivity index (χ3n) is 14.3. The molecule has 0 aromatic carbocycles. The Balaban J connectivity index is 0.934. The number of pyridine rings is 2. The highest BCUT2D eigenvalue weighted by atomic mass is 32.1. The third-order valence-corrected chi connectivity index (χ3v) is 16.1. The Labute approximate surface area is 385 Å². The zero-order chi connectivity index (χ0) is 44.5. The van der Waals surface area contributed by atoms with Gasteiger partial charge in [-0.15, -0.1) is 32.8 Å². The maximum absolute atomic E-state index is 13.9. The van der Waals surface area contributed by atoms with E-state index in [1.165, 1.54) is 12.8 Å². The maximum atomic E-state index is 13.9. The molecule has 64 heavy (non-hydrogen) atoms. The molecule has 4 aromatic rings. The van der Waals surface area contributed by atoms with Crippen LogP contribution in [0.3, 0.4) is 0 Å². The fourth-order valence-electron chi connectivity index (χ4n) is 10.9. The Morgan fingerprint density at radius 3 is 1.64 bits per heavy atom. The SMILES string of the molecule is COc1ccsc1CN(CC[C@@]1(c2ccccn2)CCOC2(CCCC2)C1)OC(=O)CC[C@H](N)C(=O)ON(CC[C@@]1(c2ccccn2)CCOC2(CCCC2)C1)Cc1sccc1OC. The lowest BCUT2D eigenvalue weighted by Crippen LogP contribution is -2.48. The summed E-state index contributed by atoms with van der Waals surface area (Å²) in [5, 5.41) is 7.38. The average Bonchev–Trinajstić information content (AvgIpc) is 4.17. The molecule has 2 spiro atoms. The first-order chi connectivity index (χ1) is 31.2. The standard InChI is InChI=1S/C49H65N5O8S2/c1-57-38-15-31-63-40(38)33-53(27-21-46(42-11-3-9-25-51-42)23-29-59-48(35-46)17-5-6-18-48)61-44(55)14-13-37(50)45(56)62-54(34-41-39(58-2)16-32-64-41)28-22-47(43-12-4-10-26-52-43)24-30-60-49(36-47)19-7-8-20-49/h3-4,9-12,15-16,25-26,31-32,37H,5-8,13-14,17-24,27-30,33-36,50H2,1-2H3/t37-,46+,47+/m0/s1. The molecular weight excluding hydrogens is 851 g/mol. The monoisotopic (exact) mass is 915 g/mol. The van der Waals surface area contributed by atoms with Crippen LogP contribution in [0, 0.1) is 0 Å². The number of carbonyl (C=O) groups is 2. The number of ether oxygens (including phenoxy) is 4. The lowest BCUT2D eigenvalue weighted by molar-refractivity contribution is -0.199. The van der Waals surface area contributed by atoms with Crippen LogP contribution in [0.5, 0.6) is 11.5 Å². The minimum Gasteiger partial charge on any atom is -0.496 e. The minimum atomic E-state index is -1.06. The van der Waals surface area contributed by atoms with Crippen molar-refractivity contribution in [2.75, 3.05) is 40.5 Å². The highest BCUT2D eigenvalue weighted by Gasteiger charge is 2.50. The zero-order valence-electron chi connectivity index (χ0n) is 37.5. The first kappa shape index (κ1) is 46.6. The number of carbonyl (C=O) groups excluding carboxylic acids is 2. The maximum Gasteiger partial charge on any atom is 0.341 e. The first-order valence-corrected chi connectivity index (χ1v) is 24.9. The molecule has 4 aliphatic rings. The van der Waals surface area contributed by atoms with Gasteiger partial charge in [-0.25, -0.2) is 4.79 Å². The number of hydroxylamine groups is 4. The second-order valence-corrected chi connectivity index (χ2v) is 20.4. The molecule has 4 fully saturated rings. The summed E-state index contributed by atoms with van der Waals surface area (Å²) >= 11 is 3.10. The van der Waals surface area contributed by atoms with Gasteiger partial charge in [0.1, 0.15) is 17.5 Å². The summed E-state index contributed by atoms with van der Waals surface area (Å²) < 4.78 is 24.3. The molecule has 6 heterocycles. The van der Waals surface area contributed by atoms with E-state index in [0.717, 1.165) is 103 Å². The van der Waals surface area contributed by atoms with E-state index in [9.17, 15) is 9.59 Å². The van der Waals surface area contributed by atoms with Gasteiger partial charge in [-0.05, 0) is 118 Å². The van der Waals surface area contributed by atoms with Crippen LogP contribution in [0.4, 0.5) is 0 Å². The quantitative estimate of drug-likeness (QED) is 0.0843. The summed E-state index contributed by atoms with van der Waals surface area (Å²) in [7, 11) is 3.29. The Bertz CT molecular complexity index is 2110. The van der Waals surface area contributed by atoms with Crippen LogP contribution in [0.15, 0.2) is 71.7 Å². The second-order valence-electron chi connectivity index (χ2n) is 18.4. The van der Waals surface area contributed by atoms with Crippen molar-refractivity contribution >= 4 is 34.6 Å². The van der Waals surface area contributed by atoms with Gasteiger partial charge in [-0.2, -0.15) is 0 Å². The number of hydrogen-bond acceptors (Lipinski definition) is 15. The normalized spacial score (nSPS) is 23.1. The first-order valence-electron chi connectivity index (χ1n) is 23.2. The van der Waals surface area contributed by atoms with Gasteiger partial charge in [0.15, 0.2) is 0 Å². The number of thiophene rings is 2. The zero-order valence-corrected chi connectivity index (χ0v) is 39.1. The van der Waals surface area contributed by atoms with Gasteiger partial charge in [0, 0.05) is 67.3 Å². The molecular formula is C49H65N5O8S2. The summed E-state index contributed by atoms with van der Waals surface area (Å²) in [6.45, 7) is 2.94. The van der Waals surface area contributed by atoms with E-state index >= 15 is 0 Å². The molecule has 2 saturated heterocycles. The van der Waals surface area contributed by atoms with Crippen LogP contribution in [-0.2, 0) is 52.7 Å². The number of aromatic nitrogens is 2. The fourth-order valence-corrected chi connectivity index (χ4v) is 12.6. The molecule has 0 radical (unpaired) electrons. The van der Waals surface area contributed by atoms with Crippen molar-refractivity contribution in [3.63, 3.8) is 0 Å². The van der Waals surface area contributed by atoms with Gasteiger partial charge < -0.3 is 34.4 Å². The van der Waals surface area contributed by atoms with Crippen molar-refractivity contribution in [2.24, 2.45) is 5.73 Å². The number of hydrogen-bond donors (Lipinski definition) is 1. The van der Waals surface area contributed by atoms with Gasteiger partial charge in [-0.1, -0.05) is 37.8 Å². The highest BCUT2D eigenvalue weighted by Crippen LogP contribution is 2.51. The minimum absolute atomic E-state index is 0.0550. The highest BCUT2D eigenvalue weighted by molar-refractivity contribution is 7.10. The molecule has 346 valence electrons. The Kier molecular flexibility index (Phi) is 15.4. The van der Waals surface area contributed by atoms with E-state index < -0.39 is 18.0 Å². The molecule has 0 bridgehead atoms. The average molecular weight is 916 g/mol. The van der Waals surface area contributed by atoms with Crippen LogP contribution in [0.25, 0.3) is 0 Å². The van der Waals surface area contributed by atoms with Gasteiger partial charge in [-0.3, -0.25) is 14.8 Å². The Morgan fingerprint density at radius 2 is 1.19 bits per heavy atom. The predicted octanol–water partition coefficient (Wildman–Crippen LogP) is 8.85. The lowest BCUT2D eigenvalue weighted by Gasteiger charge is -2.47. The molecule has 3 atom stereocenters. The van der Waals surface area contributed by atoms with Crippen molar-refractivity contribution in [1.29, 1.82) is 0 Å². The van der Waals surface area contributed by atoms with E-state index in [-0.39, 0.29) is 34.9 Å². The molecule has 13 nitrogen and oxygen atoms in total. The van der Waals surface area contributed by atoms with E-state index in [4.69, 9.17) is 44.3 Å². The lowest BCUT2D eigenvalue weighted by atomic mass is 9.68. The molecule has 2 N–H and O–H groups in total. The summed E-state index contributed by atoms with van der Waals surface area (Å²) in [6.07, 6.45) is 17.4. The predicted molar refractivity (Wildman–Crippen MR) is 246 cm³/mol. The van der Waals surface area contributed by atoms with Gasteiger partial charge in [0.2, 0.25) is 0 Å². The van der Waals surface area contributed by atoms with E-state index in [1.54, 1.807) is 47.0 Å². The Hall–Kier alpha value is -3.96. The topological polar surface area (TPSA) is 148 Å². The smallest absolute Gasteiger partial charge is 0.341 e. The fraction of sp³-hybridized carbons (Fsp3) is 0.592. The molecule has 2 aliphatic heterocycles. The van der Waals surface area contributed by atoms with Crippen LogP contribution in [-0.4, -0.2) is 89.8 Å². The van der Waals surface area contributed by atoms with Gasteiger partial charge >= 0.3 is 11.9 Å². The van der Waals surface area contributed by atoms with E-state index in [0.29, 0.717) is 45.8 Å². The number of nitrogens with zero attached hydrogens (tertiary/aromatic N) is 4. The van der Waals surface area contributed by atoms with E-state index in [2.05, 4.69) is 18.2 Å². The second kappa shape index (κ2) is 21.1. The van der Waals surface area contributed by atoms with Crippen molar-refractivity contribution in [3.8, 4) is 11.5 Å². The summed E-state index contributed by atoms with van der Waals surface area (Å²) in [6, 6.07) is 15.0. The molecule has 2 saturated carbocycles. The molecule has 15 heteroatoms. The Morgan fingerprint density at radius 1 is 0.703 bits per heavy atom. The number of methoxy groups -OCH3 is 2. The molecule has 4 aromatic heterocycles. The van der Waals surface area contributed by atoms with E-state index in [1.807, 2.05) is 53.5 Å². The van der Waals surface area contributed by atoms with Crippen LogP contribution in [0.1, 0.15) is 124 Å². The third kappa shape index (κ3) is 11.0. The molecule has 0 unspecified atom stereocenters. The summed E-state index contributed by atoms with van der Waals surface area (Å²) in [4.78, 5) is 51.6. The van der Waals surface area contributed by atoms with Crippen LogP contribution >= 0.6 is 22.7 Å².